The standard InChI is InChI=1S/C18H21NO4/c20-16(12-11-13-7-3-1-2-4-8-13)23-19-17(21)14-9-5-6-10-15(14)18(19)22/h5-6,9-10,13H,1-4,7-8,11-12H2. The lowest BCUT2D eigenvalue weighted by molar-refractivity contribution is -0.168. The van der Waals surface area contributed by atoms with Crippen LogP contribution in [0, 0.1) is 5.92 Å². The molecule has 23 heavy (non-hydrogen) atoms. The summed E-state index contributed by atoms with van der Waals surface area (Å²) in [5, 5.41) is 0.597. The Morgan fingerprint density at radius 2 is 1.57 bits per heavy atom. The molecule has 1 aromatic carbocycles. The number of rotatable bonds is 4. The molecule has 2 amide bonds. The van der Waals surface area contributed by atoms with E-state index in [1.807, 2.05) is 0 Å². The van der Waals surface area contributed by atoms with Gasteiger partial charge in [0.15, 0.2) is 0 Å². The fraction of sp³-hybridized carbons (Fsp3) is 0.500. The Kier molecular flexibility index (Phi) is 4.74. The molecule has 0 atom stereocenters. The number of hydrogen-bond donors (Lipinski definition) is 0. The Balaban J connectivity index is 1.54. The summed E-state index contributed by atoms with van der Waals surface area (Å²) in [5.74, 6) is -1.09. The van der Waals surface area contributed by atoms with Crippen molar-refractivity contribution in [3.63, 3.8) is 0 Å². The molecule has 0 N–H and O–H groups in total. The minimum absolute atomic E-state index is 0.248. The van der Waals surface area contributed by atoms with E-state index >= 15 is 0 Å². The molecule has 1 heterocycles. The molecule has 2 aliphatic rings. The second kappa shape index (κ2) is 6.94. The van der Waals surface area contributed by atoms with Gasteiger partial charge in [0.05, 0.1) is 11.1 Å². The largest absolute Gasteiger partial charge is 0.333 e. The predicted molar refractivity (Wildman–Crippen MR) is 83.5 cm³/mol. The maximum Gasteiger partial charge on any atom is 0.333 e. The van der Waals surface area contributed by atoms with Gasteiger partial charge in [-0.15, -0.1) is 0 Å². The first-order valence-electron chi connectivity index (χ1n) is 8.35. The first-order valence-corrected chi connectivity index (χ1v) is 8.35. The lowest BCUT2D eigenvalue weighted by atomic mass is 9.95. The van der Waals surface area contributed by atoms with Gasteiger partial charge in [-0.2, -0.15) is 0 Å². The van der Waals surface area contributed by atoms with Crippen molar-refractivity contribution in [1.82, 2.24) is 5.06 Å². The minimum atomic E-state index is -0.562. The molecule has 0 aromatic heterocycles. The normalized spacial score (nSPS) is 18.7. The molecule has 122 valence electrons. The number of imide groups is 1. The van der Waals surface area contributed by atoms with Gasteiger partial charge in [-0.05, 0) is 24.5 Å². The van der Waals surface area contributed by atoms with Crippen molar-refractivity contribution >= 4 is 17.8 Å². The van der Waals surface area contributed by atoms with E-state index < -0.39 is 17.8 Å². The molecule has 0 spiro atoms. The zero-order chi connectivity index (χ0) is 16.2. The molecule has 1 saturated carbocycles. The zero-order valence-corrected chi connectivity index (χ0v) is 13.1. The quantitative estimate of drug-likeness (QED) is 0.630. The molecule has 1 aliphatic carbocycles. The number of hydrogen-bond acceptors (Lipinski definition) is 4. The first-order chi connectivity index (χ1) is 11.2. The van der Waals surface area contributed by atoms with E-state index in [9.17, 15) is 14.4 Å². The molecule has 5 nitrogen and oxygen atoms in total. The SMILES string of the molecule is O=C(CCC1CCCCCC1)ON1C(=O)c2ccccc2C1=O. The van der Waals surface area contributed by atoms with Gasteiger partial charge in [0.2, 0.25) is 0 Å². The van der Waals surface area contributed by atoms with Crippen LogP contribution in [0.3, 0.4) is 0 Å². The third kappa shape index (κ3) is 3.44. The molecule has 1 aliphatic heterocycles. The molecule has 0 saturated heterocycles. The number of carbonyl (C=O) groups is 3. The van der Waals surface area contributed by atoms with Crippen LogP contribution >= 0.6 is 0 Å². The Hall–Kier alpha value is -2.17. The van der Waals surface area contributed by atoms with E-state index in [2.05, 4.69) is 0 Å². The average Bonchev–Trinajstić information content (AvgIpc) is 2.77. The smallest absolute Gasteiger partial charge is 0.330 e. The molecule has 1 aromatic rings. The highest BCUT2D eigenvalue weighted by Gasteiger charge is 2.38. The lowest BCUT2D eigenvalue weighted by Gasteiger charge is -2.15. The minimum Gasteiger partial charge on any atom is -0.330 e. The Morgan fingerprint density at radius 3 is 2.13 bits per heavy atom. The van der Waals surface area contributed by atoms with E-state index in [0.29, 0.717) is 11.0 Å². The number of amides is 2. The van der Waals surface area contributed by atoms with E-state index in [1.54, 1.807) is 24.3 Å². The molecular weight excluding hydrogens is 294 g/mol. The molecule has 0 radical (unpaired) electrons. The number of nitrogens with zero attached hydrogens (tertiary/aromatic N) is 1. The fourth-order valence-corrected chi connectivity index (χ4v) is 3.37. The van der Waals surface area contributed by atoms with Crippen molar-refractivity contribution < 1.29 is 19.2 Å². The van der Waals surface area contributed by atoms with Gasteiger partial charge in [-0.1, -0.05) is 55.7 Å². The van der Waals surface area contributed by atoms with Crippen LogP contribution in [-0.4, -0.2) is 22.8 Å². The van der Waals surface area contributed by atoms with Crippen LogP contribution in [0.2, 0.25) is 0 Å². The van der Waals surface area contributed by atoms with Crippen molar-refractivity contribution in [3.05, 3.63) is 35.4 Å². The van der Waals surface area contributed by atoms with Crippen molar-refractivity contribution in [1.29, 1.82) is 0 Å². The summed E-state index contributed by atoms with van der Waals surface area (Å²) in [4.78, 5) is 41.3. The zero-order valence-electron chi connectivity index (χ0n) is 13.1. The second-order valence-corrected chi connectivity index (χ2v) is 6.31. The van der Waals surface area contributed by atoms with E-state index in [-0.39, 0.29) is 17.5 Å². The summed E-state index contributed by atoms with van der Waals surface area (Å²) in [6.45, 7) is 0. The highest BCUT2D eigenvalue weighted by molar-refractivity contribution is 6.20. The number of hydroxylamine groups is 2. The van der Waals surface area contributed by atoms with Gasteiger partial charge >= 0.3 is 5.97 Å². The van der Waals surface area contributed by atoms with Gasteiger partial charge in [0.25, 0.3) is 11.8 Å². The van der Waals surface area contributed by atoms with Crippen LogP contribution in [0.1, 0.15) is 72.1 Å². The summed E-state index contributed by atoms with van der Waals surface area (Å²) in [5.41, 5.74) is 0.572. The molecule has 3 rings (SSSR count). The van der Waals surface area contributed by atoms with Gasteiger partial charge < -0.3 is 4.84 Å². The van der Waals surface area contributed by atoms with Crippen LogP contribution in [0.25, 0.3) is 0 Å². The monoisotopic (exact) mass is 315 g/mol. The third-order valence-electron chi connectivity index (χ3n) is 4.68. The van der Waals surface area contributed by atoms with Crippen molar-refractivity contribution in [3.8, 4) is 0 Å². The van der Waals surface area contributed by atoms with Crippen LogP contribution in [0.15, 0.2) is 24.3 Å². The molecular formula is C18H21NO4. The summed E-state index contributed by atoms with van der Waals surface area (Å²) in [6.07, 6.45) is 8.31. The Labute approximate surface area is 135 Å². The Morgan fingerprint density at radius 1 is 1.00 bits per heavy atom. The highest BCUT2D eigenvalue weighted by atomic mass is 16.7. The van der Waals surface area contributed by atoms with Gasteiger partial charge in [-0.3, -0.25) is 9.59 Å². The van der Waals surface area contributed by atoms with Gasteiger partial charge in [0, 0.05) is 6.42 Å². The van der Waals surface area contributed by atoms with Gasteiger partial charge in [-0.25, -0.2) is 4.79 Å². The number of carbonyl (C=O) groups excluding carboxylic acids is 3. The molecule has 1 fully saturated rings. The topological polar surface area (TPSA) is 63.7 Å². The summed E-state index contributed by atoms with van der Waals surface area (Å²) >= 11 is 0. The van der Waals surface area contributed by atoms with Crippen molar-refractivity contribution in [2.75, 3.05) is 0 Å². The summed E-state index contributed by atoms with van der Waals surface area (Å²) in [6, 6.07) is 6.49. The summed E-state index contributed by atoms with van der Waals surface area (Å²) < 4.78 is 0. The number of benzene rings is 1. The maximum absolute atomic E-state index is 12.1. The third-order valence-corrected chi connectivity index (χ3v) is 4.68. The predicted octanol–water partition coefficient (Wildman–Crippen LogP) is 3.49. The molecule has 0 bridgehead atoms. The van der Waals surface area contributed by atoms with Crippen molar-refractivity contribution in [2.45, 2.75) is 51.4 Å². The fourth-order valence-electron chi connectivity index (χ4n) is 3.37. The maximum atomic E-state index is 12.1. The highest BCUT2D eigenvalue weighted by Crippen LogP contribution is 2.27. The van der Waals surface area contributed by atoms with Crippen molar-refractivity contribution in [2.24, 2.45) is 5.92 Å². The van der Waals surface area contributed by atoms with Gasteiger partial charge in [0.1, 0.15) is 0 Å². The first kappa shape index (κ1) is 15.7. The average molecular weight is 315 g/mol. The van der Waals surface area contributed by atoms with E-state index in [1.165, 1.54) is 25.7 Å². The Bertz CT molecular complexity index is 582. The summed E-state index contributed by atoms with van der Waals surface area (Å²) in [7, 11) is 0. The van der Waals surface area contributed by atoms with E-state index in [4.69, 9.17) is 4.84 Å². The van der Waals surface area contributed by atoms with Crippen LogP contribution in [0.5, 0.6) is 0 Å². The number of fused-ring (bicyclic) bond motifs is 1. The van der Waals surface area contributed by atoms with Crippen LogP contribution in [-0.2, 0) is 9.63 Å². The molecule has 5 heteroatoms. The van der Waals surface area contributed by atoms with Crippen LogP contribution in [0.4, 0.5) is 0 Å². The second-order valence-electron chi connectivity index (χ2n) is 6.31. The lowest BCUT2D eigenvalue weighted by Crippen LogP contribution is -2.32. The molecule has 0 unspecified atom stereocenters. The van der Waals surface area contributed by atoms with Crippen LogP contribution < -0.4 is 0 Å². The van der Waals surface area contributed by atoms with E-state index in [0.717, 1.165) is 19.3 Å².